The van der Waals surface area contributed by atoms with Crippen LogP contribution in [0.15, 0.2) is 12.2 Å². The summed E-state index contributed by atoms with van der Waals surface area (Å²) in [6.45, 7) is 4.16. The highest BCUT2D eigenvalue weighted by molar-refractivity contribution is 5.76. The van der Waals surface area contributed by atoms with E-state index in [1.165, 1.54) is 212 Å². The molecule has 0 radical (unpaired) electrons. The van der Waals surface area contributed by atoms with Gasteiger partial charge in [0.25, 0.3) is 0 Å². The fraction of sp³-hybridized carbons (Fsp3) is 0.940. The zero-order valence-corrected chi connectivity index (χ0v) is 37.3. The van der Waals surface area contributed by atoms with Crippen molar-refractivity contribution in [1.82, 2.24) is 5.32 Å². The monoisotopic (exact) mass is 778 g/mol. The fourth-order valence-corrected chi connectivity index (χ4v) is 7.98. The second-order valence-electron chi connectivity index (χ2n) is 17.4. The van der Waals surface area contributed by atoms with E-state index in [-0.39, 0.29) is 12.5 Å². The highest BCUT2D eigenvalue weighted by Gasteiger charge is 2.26. The van der Waals surface area contributed by atoms with Gasteiger partial charge in [-0.3, -0.25) is 4.79 Å². The van der Waals surface area contributed by atoms with Crippen molar-refractivity contribution in [1.29, 1.82) is 0 Å². The summed E-state index contributed by atoms with van der Waals surface area (Å²) in [6, 6.07) is -0.803. The maximum Gasteiger partial charge on any atom is 0.220 e. The number of carbonyl (C=O) groups excluding carboxylic acids is 1. The van der Waals surface area contributed by atoms with Gasteiger partial charge in [0.05, 0.1) is 18.8 Å². The van der Waals surface area contributed by atoms with E-state index >= 15 is 0 Å². The number of aliphatic hydroxyl groups excluding tert-OH is 3. The van der Waals surface area contributed by atoms with Crippen LogP contribution >= 0.6 is 0 Å². The molecule has 0 rings (SSSR count). The molecule has 55 heavy (non-hydrogen) atoms. The Hall–Kier alpha value is -0.910. The number of allylic oxidation sites excluding steroid dienone is 2. The van der Waals surface area contributed by atoms with E-state index in [2.05, 4.69) is 31.3 Å². The van der Waals surface area contributed by atoms with E-state index in [1.807, 2.05) is 0 Å². The minimum absolute atomic E-state index is 0.143. The first-order valence-corrected chi connectivity index (χ1v) is 25.0. The van der Waals surface area contributed by atoms with Crippen molar-refractivity contribution >= 4 is 5.91 Å². The molecule has 0 aromatic rings. The lowest BCUT2D eigenvalue weighted by atomic mass is 9.99. The summed E-state index contributed by atoms with van der Waals surface area (Å²) in [4.78, 5) is 12.4. The molecule has 3 unspecified atom stereocenters. The molecule has 328 valence electrons. The highest BCUT2D eigenvalue weighted by atomic mass is 16.3. The first-order valence-electron chi connectivity index (χ1n) is 25.0. The van der Waals surface area contributed by atoms with Gasteiger partial charge < -0.3 is 20.6 Å². The summed E-state index contributed by atoms with van der Waals surface area (Å²) in [5, 5.41) is 33.3. The van der Waals surface area contributed by atoms with Crippen LogP contribution < -0.4 is 5.32 Å². The Morgan fingerprint density at radius 3 is 1.05 bits per heavy atom. The van der Waals surface area contributed by atoms with E-state index in [1.54, 1.807) is 0 Å². The van der Waals surface area contributed by atoms with Crippen LogP contribution in [0.4, 0.5) is 0 Å². The number of rotatable bonds is 46. The molecule has 0 aliphatic heterocycles. The standard InChI is InChI=1S/C50H99NO4/c1-3-5-7-9-11-13-14-15-16-17-18-19-20-21-22-23-24-25-26-27-28-29-30-31-32-33-34-35-36-37-39-41-43-45-49(54)51-47(46-52)50(55)48(53)44-42-40-38-12-10-8-6-4-2/h21-22,47-48,50,52-53,55H,3-20,23-46H2,1-2H3,(H,51,54)/b22-21-. The van der Waals surface area contributed by atoms with Crippen molar-refractivity contribution in [2.24, 2.45) is 0 Å². The SMILES string of the molecule is CCCCCCCCCCCCCC/C=C\CCCCCCCCCCCCCCCCCCCC(=O)NC(CO)C(O)C(O)CCCCCCCCCC. The van der Waals surface area contributed by atoms with Crippen LogP contribution in [-0.2, 0) is 4.79 Å². The smallest absolute Gasteiger partial charge is 0.220 e. The summed E-state index contributed by atoms with van der Waals surface area (Å²) < 4.78 is 0. The van der Waals surface area contributed by atoms with Crippen LogP contribution in [0, 0.1) is 0 Å². The molecule has 0 spiro atoms. The molecule has 0 saturated heterocycles. The summed E-state index contributed by atoms with van der Waals surface area (Å²) in [5.74, 6) is -0.143. The molecule has 5 heteroatoms. The van der Waals surface area contributed by atoms with E-state index in [0.717, 1.165) is 38.5 Å². The molecular formula is C50H99NO4. The maximum atomic E-state index is 12.4. The first kappa shape index (κ1) is 54.1. The number of amides is 1. The lowest BCUT2D eigenvalue weighted by molar-refractivity contribution is -0.124. The summed E-state index contributed by atoms with van der Waals surface area (Å²) in [7, 11) is 0. The molecule has 0 aromatic carbocycles. The van der Waals surface area contributed by atoms with Crippen LogP contribution in [0.5, 0.6) is 0 Å². The Labute approximate surface area is 344 Å². The molecule has 3 atom stereocenters. The highest BCUT2D eigenvalue weighted by Crippen LogP contribution is 2.17. The molecular weight excluding hydrogens is 679 g/mol. The van der Waals surface area contributed by atoms with Crippen molar-refractivity contribution in [2.75, 3.05) is 6.61 Å². The van der Waals surface area contributed by atoms with Crippen molar-refractivity contribution in [2.45, 2.75) is 295 Å². The molecule has 0 bridgehead atoms. The maximum absolute atomic E-state index is 12.4. The van der Waals surface area contributed by atoms with Crippen LogP contribution in [0.1, 0.15) is 277 Å². The molecule has 0 aliphatic rings. The topological polar surface area (TPSA) is 89.8 Å². The van der Waals surface area contributed by atoms with Gasteiger partial charge >= 0.3 is 0 Å². The van der Waals surface area contributed by atoms with Gasteiger partial charge in [0.1, 0.15) is 6.10 Å². The number of aliphatic hydroxyl groups is 3. The van der Waals surface area contributed by atoms with Crippen LogP contribution in [-0.4, -0.2) is 46.1 Å². The normalized spacial score (nSPS) is 13.5. The van der Waals surface area contributed by atoms with Gasteiger partial charge in [-0.15, -0.1) is 0 Å². The van der Waals surface area contributed by atoms with Gasteiger partial charge in [-0.1, -0.05) is 244 Å². The Balaban J connectivity index is 3.41. The number of hydrogen-bond donors (Lipinski definition) is 4. The largest absolute Gasteiger partial charge is 0.394 e. The third-order valence-electron chi connectivity index (χ3n) is 11.9. The molecule has 0 aliphatic carbocycles. The Morgan fingerprint density at radius 1 is 0.436 bits per heavy atom. The molecule has 0 heterocycles. The quantitative estimate of drug-likeness (QED) is 0.0366. The fourth-order valence-electron chi connectivity index (χ4n) is 7.98. The predicted molar refractivity (Wildman–Crippen MR) is 241 cm³/mol. The summed E-state index contributed by atoms with van der Waals surface area (Å²) >= 11 is 0. The Morgan fingerprint density at radius 2 is 0.727 bits per heavy atom. The Kier molecular flexibility index (Phi) is 45.0. The molecule has 1 amide bonds. The van der Waals surface area contributed by atoms with Gasteiger partial charge in [0.15, 0.2) is 0 Å². The number of nitrogens with one attached hydrogen (secondary N) is 1. The van der Waals surface area contributed by atoms with E-state index in [0.29, 0.717) is 12.8 Å². The van der Waals surface area contributed by atoms with Crippen LogP contribution in [0.2, 0.25) is 0 Å². The molecule has 0 fully saturated rings. The van der Waals surface area contributed by atoms with Gasteiger partial charge in [-0.05, 0) is 38.5 Å². The minimum Gasteiger partial charge on any atom is -0.394 e. The number of hydrogen-bond acceptors (Lipinski definition) is 4. The predicted octanol–water partition coefficient (Wildman–Crippen LogP) is 14.8. The molecule has 0 saturated carbocycles. The number of carbonyl (C=O) groups is 1. The molecule has 5 nitrogen and oxygen atoms in total. The molecule has 4 N–H and O–H groups in total. The average Bonchev–Trinajstić information content (AvgIpc) is 3.19. The average molecular weight is 778 g/mol. The van der Waals surface area contributed by atoms with Crippen LogP contribution in [0.25, 0.3) is 0 Å². The van der Waals surface area contributed by atoms with Crippen molar-refractivity contribution in [3.8, 4) is 0 Å². The second-order valence-corrected chi connectivity index (χ2v) is 17.4. The third kappa shape index (κ3) is 41.1. The minimum atomic E-state index is -1.13. The second kappa shape index (κ2) is 45.8. The lowest BCUT2D eigenvalue weighted by Gasteiger charge is -2.26. The van der Waals surface area contributed by atoms with Crippen molar-refractivity contribution < 1.29 is 20.1 Å². The van der Waals surface area contributed by atoms with Gasteiger partial charge in [0.2, 0.25) is 5.91 Å². The lowest BCUT2D eigenvalue weighted by Crippen LogP contribution is -2.50. The van der Waals surface area contributed by atoms with E-state index in [9.17, 15) is 20.1 Å². The summed E-state index contributed by atoms with van der Waals surface area (Å²) in [5.41, 5.74) is 0. The van der Waals surface area contributed by atoms with Crippen molar-refractivity contribution in [3.63, 3.8) is 0 Å². The van der Waals surface area contributed by atoms with Gasteiger partial charge in [-0.25, -0.2) is 0 Å². The molecule has 0 aromatic heterocycles. The van der Waals surface area contributed by atoms with Gasteiger partial charge in [-0.2, -0.15) is 0 Å². The third-order valence-corrected chi connectivity index (χ3v) is 11.9. The van der Waals surface area contributed by atoms with Crippen molar-refractivity contribution in [3.05, 3.63) is 12.2 Å². The van der Waals surface area contributed by atoms with Crippen LogP contribution in [0.3, 0.4) is 0 Å². The summed E-state index contributed by atoms with van der Waals surface area (Å²) in [6.07, 6.45) is 55.2. The zero-order chi connectivity index (χ0) is 40.1. The number of unbranched alkanes of at least 4 members (excludes halogenated alkanes) is 36. The van der Waals surface area contributed by atoms with E-state index < -0.39 is 18.2 Å². The van der Waals surface area contributed by atoms with Gasteiger partial charge in [0, 0.05) is 6.42 Å². The van der Waals surface area contributed by atoms with E-state index in [4.69, 9.17) is 0 Å². The zero-order valence-electron chi connectivity index (χ0n) is 37.3. The Bertz CT molecular complexity index is 773. The first-order chi connectivity index (χ1) is 27.1.